The summed E-state index contributed by atoms with van der Waals surface area (Å²) in [5, 5.41) is 0. The van der Waals surface area contributed by atoms with Gasteiger partial charge in [0, 0.05) is 12.1 Å². The van der Waals surface area contributed by atoms with Gasteiger partial charge in [-0.2, -0.15) is 0 Å². The van der Waals surface area contributed by atoms with Gasteiger partial charge in [0.1, 0.15) is 0 Å². The summed E-state index contributed by atoms with van der Waals surface area (Å²) >= 11 is 0. The SMILES string of the molecule is CN1CCC(CN)(NS(=O)(=O)CCc2ccccc2)CC1. The van der Waals surface area contributed by atoms with Gasteiger partial charge in [-0.1, -0.05) is 30.3 Å². The standard InChI is InChI=1S/C15H25N3O2S/c1-18-10-8-15(13-16,9-11-18)17-21(19,20)12-7-14-5-3-2-4-6-14/h2-6,17H,7-13,16H2,1H3. The molecule has 0 radical (unpaired) electrons. The molecule has 1 aromatic carbocycles. The zero-order valence-electron chi connectivity index (χ0n) is 12.6. The maximum atomic E-state index is 12.3. The predicted molar refractivity (Wildman–Crippen MR) is 85.6 cm³/mol. The van der Waals surface area contributed by atoms with Gasteiger partial charge in [0.15, 0.2) is 0 Å². The van der Waals surface area contributed by atoms with E-state index in [1.807, 2.05) is 37.4 Å². The molecule has 1 fully saturated rings. The number of nitrogens with two attached hydrogens (primary N) is 1. The van der Waals surface area contributed by atoms with Crippen molar-refractivity contribution in [2.24, 2.45) is 5.73 Å². The number of nitrogens with one attached hydrogen (secondary N) is 1. The van der Waals surface area contributed by atoms with Gasteiger partial charge in [-0.3, -0.25) is 0 Å². The number of aryl methyl sites for hydroxylation is 1. The Bertz CT molecular complexity index is 537. The van der Waals surface area contributed by atoms with Gasteiger partial charge < -0.3 is 10.6 Å². The molecule has 1 aromatic rings. The Hall–Kier alpha value is -0.950. The normalized spacial score (nSPS) is 19.5. The molecule has 118 valence electrons. The number of piperidine rings is 1. The fraction of sp³-hybridized carbons (Fsp3) is 0.600. The molecule has 0 aromatic heterocycles. The molecule has 1 saturated heterocycles. The van der Waals surface area contributed by atoms with E-state index in [4.69, 9.17) is 5.73 Å². The lowest BCUT2D eigenvalue weighted by Gasteiger charge is -2.40. The van der Waals surface area contributed by atoms with Crippen molar-refractivity contribution in [1.82, 2.24) is 9.62 Å². The minimum atomic E-state index is -3.32. The van der Waals surface area contributed by atoms with Gasteiger partial charge in [0.25, 0.3) is 0 Å². The number of rotatable bonds is 6. The van der Waals surface area contributed by atoms with Crippen LogP contribution in [0.1, 0.15) is 18.4 Å². The molecule has 3 N–H and O–H groups in total. The third-order valence-electron chi connectivity index (χ3n) is 4.21. The number of nitrogens with zero attached hydrogens (tertiary/aromatic N) is 1. The van der Waals surface area contributed by atoms with Crippen LogP contribution < -0.4 is 10.5 Å². The molecule has 2 rings (SSSR count). The quantitative estimate of drug-likeness (QED) is 0.805. The van der Waals surface area contributed by atoms with E-state index in [0.717, 1.165) is 31.5 Å². The minimum Gasteiger partial charge on any atom is -0.329 e. The van der Waals surface area contributed by atoms with E-state index in [2.05, 4.69) is 9.62 Å². The van der Waals surface area contributed by atoms with Crippen LogP contribution in [0.25, 0.3) is 0 Å². The van der Waals surface area contributed by atoms with Crippen LogP contribution in [0, 0.1) is 0 Å². The highest BCUT2D eigenvalue weighted by atomic mass is 32.2. The van der Waals surface area contributed by atoms with E-state index >= 15 is 0 Å². The van der Waals surface area contributed by atoms with Gasteiger partial charge in [0.05, 0.1) is 5.75 Å². The molecule has 1 heterocycles. The van der Waals surface area contributed by atoms with Crippen molar-refractivity contribution in [3.63, 3.8) is 0 Å². The molecule has 1 aliphatic heterocycles. The molecule has 1 aliphatic rings. The lowest BCUT2D eigenvalue weighted by Crippen LogP contribution is -2.59. The Balaban J connectivity index is 1.96. The molecule has 5 nitrogen and oxygen atoms in total. The Morgan fingerprint density at radius 2 is 1.86 bits per heavy atom. The zero-order valence-corrected chi connectivity index (χ0v) is 13.4. The number of likely N-dealkylation sites (tertiary alicyclic amines) is 1. The zero-order chi connectivity index (χ0) is 15.3. The first-order valence-corrected chi connectivity index (χ1v) is 9.04. The lowest BCUT2D eigenvalue weighted by molar-refractivity contribution is 0.182. The first-order chi connectivity index (χ1) is 9.95. The summed E-state index contributed by atoms with van der Waals surface area (Å²) in [7, 11) is -1.27. The second-order valence-electron chi connectivity index (χ2n) is 5.94. The third kappa shape index (κ3) is 4.78. The highest BCUT2D eigenvalue weighted by Crippen LogP contribution is 2.21. The van der Waals surface area contributed by atoms with Gasteiger partial charge in [-0.25, -0.2) is 13.1 Å². The van der Waals surface area contributed by atoms with Crippen LogP contribution in [0.3, 0.4) is 0 Å². The van der Waals surface area contributed by atoms with Crippen molar-refractivity contribution in [1.29, 1.82) is 0 Å². The summed E-state index contributed by atoms with van der Waals surface area (Å²) in [5.74, 6) is 0.106. The van der Waals surface area contributed by atoms with Crippen molar-refractivity contribution in [3.05, 3.63) is 35.9 Å². The molecule has 0 unspecified atom stereocenters. The van der Waals surface area contributed by atoms with Crippen LogP contribution in [0.15, 0.2) is 30.3 Å². The van der Waals surface area contributed by atoms with Crippen LogP contribution in [0.5, 0.6) is 0 Å². The minimum absolute atomic E-state index is 0.106. The van der Waals surface area contributed by atoms with Crippen LogP contribution in [-0.4, -0.2) is 51.3 Å². The van der Waals surface area contributed by atoms with Crippen LogP contribution in [0.4, 0.5) is 0 Å². The number of hydrogen-bond acceptors (Lipinski definition) is 4. The second-order valence-corrected chi connectivity index (χ2v) is 7.79. The first-order valence-electron chi connectivity index (χ1n) is 7.39. The fourth-order valence-corrected chi connectivity index (χ4v) is 4.23. The van der Waals surface area contributed by atoms with Gasteiger partial charge in [-0.05, 0) is 45.0 Å². The average molecular weight is 311 g/mol. The fourth-order valence-electron chi connectivity index (χ4n) is 2.67. The van der Waals surface area contributed by atoms with Crippen molar-refractivity contribution >= 4 is 10.0 Å². The smallest absolute Gasteiger partial charge is 0.212 e. The first kappa shape index (κ1) is 16.4. The van der Waals surface area contributed by atoms with E-state index in [-0.39, 0.29) is 5.75 Å². The summed E-state index contributed by atoms with van der Waals surface area (Å²) in [4.78, 5) is 2.20. The summed E-state index contributed by atoms with van der Waals surface area (Å²) in [6.45, 7) is 2.10. The van der Waals surface area contributed by atoms with E-state index < -0.39 is 15.6 Å². The summed E-state index contributed by atoms with van der Waals surface area (Å²) < 4.78 is 27.5. The molecular weight excluding hydrogens is 286 g/mol. The van der Waals surface area contributed by atoms with E-state index in [1.165, 1.54) is 0 Å². The van der Waals surface area contributed by atoms with Crippen LogP contribution in [0.2, 0.25) is 0 Å². The monoisotopic (exact) mass is 311 g/mol. The lowest BCUT2D eigenvalue weighted by atomic mass is 9.89. The van der Waals surface area contributed by atoms with Gasteiger partial charge in [0.2, 0.25) is 10.0 Å². The summed E-state index contributed by atoms with van der Waals surface area (Å²) in [5.41, 5.74) is 6.42. The molecule has 21 heavy (non-hydrogen) atoms. The molecule has 0 aliphatic carbocycles. The maximum absolute atomic E-state index is 12.3. The second kappa shape index (κ2) is 6.87. The Morgan fingerprint density at radius 1 is 1.24 bits per heavy atom. The maximum Gasteiger partial charge on any atom is 0.212 e. The van der Waals surface area contributed by atoms with Crippen molar-refractivity contribution in [2.45, 2.75) is 24.8 Å². The predicted octanol–water partition coefficient (Wildman–Crippen LogP) is 0.572. The Morgan fingerprint density at radius 3 is 2.43 bits per heavy atom. The summed E-state index contributed by atoms with van der Waals surface area (Å²) in [6.07, 6.45) is 2.06. The Kier molecular flexibility index (Phi) is 5.37. The number of hydrogen-bond donors (Lipinski definition) is 2. The molecule has 6 heteroatoms. The topological polar surface area (TPSA) is 75.4 Å². The van der Waals surface area contributed by atoms with E-state index in [0.29, 0.717) is 13.0 Å². The highest BCUT2D eigenvalue weighted by Gasteiger charge is 2.35. The van der Waals surface area contributed by atoms with E-state index in [1.54, 1.807) is 0 Å². The molecular formula is C15H25N3O2S. The van der Waals surface area contributed by atoms with Crippen LogP contribution in [-0.2, 0) is 16.4 Å². The molecule has 0 amide bonds. The molecule has 0 saturated carbocycles. The van der Waals surface area contributed by atoms with E-state index in [9.17, 15) is 8.42 Å². The molecule has 0 atom stereocenters. The van der Waals surface area contributed by atoms with Crippen molar-refractivity contribution in [2.75, 3.05) is 32.4 Å². The number of sulfonamides is 1. The van der Waals surface area contributed by atoms with Crippen molar-refractivity contribution in [3.8, 4) is 0 Å². The largest absolute Gasteiger partial charge is 0.329 e. The summed E-state index contributed by atoms with van der Waals surface area (Å²) in [6, 6.07) is 9.67. The average Bonchev–Trinajstić information content (AvgIpc) is 2.49. The van der Waals surface area contributed by atoms with Gasteiger partial charge >= 0.3 is 0 Å². The molecule has 0 bridgehead atoms. The Labute approximate surface area is 127 Å². The van der Waals surface area contributed by atoms with Crippen molar-refractivity contribution < 1.29 is 8.42 Å². The van der Waals surface area contributed by atoms with Gasteiger partial charge in [-0.15, -0.1) is 0 Å². The third-order valence-corrected chi connectivity index (χ3v) is 5.69. The number of benzene rings is 1. The van der Waals surface area contributed by atoms with Crippen LogP contribution >= 0.6 is 0 Å². The molecule has 0 spiro atoms. The highest BCUT2D eigenvalue weighted by molar-refractivity contribution is 7.89.